The topological polar surface area (TPSA) is 114 Å². The van der Waals surface area contributed by atoms with Crippen molar-refractivity contribution in [3.63, 3.8) is 0 Å². The molecule has 1 aliphatic heterocycles. The quantitative estimate of drug-likeness (QED) is 0.272. The molecular weight excluding hydrogens is 370 g/mol. The first kappa shape index (κ1) is 21.5. The van der Waals surface area contributed by atoms with E-state index in [2.05, 4.69) is 25.3 Å². The molecule has 0 radical (unpaired) electrons. The highest BCUT2D eigenvalue weighted by Gasteiger charge is 2.15. The van der Waals surface area contributed by atoms with Crippen LogP contribution in [0.5, 0.6) is 0 Å². The van der Waals surface area contributed by atoms with Crippen LogP contribution in [0.1, 0.15) is 12.8 Å². The number of guanidine groups is 1. The van der Waals surface area contributed by atoms with E-state index in [0.29, 0.717) is 25.0 Å². The van der Waals surface area contributed by atoms with E-state index in [1.54, 1.807) is 13.1 Å². The first-order chi connectivity index (χ1) is 13.1. The molecule has 1 fully saturated rings. The lowest BCUT2D eigenvalue weighted by molar-refractivity contribution is 0.0888. The molecule has 0 amide bonds. The van der Waals surface area contributed by atoms with Crippen LogP contribution in [0, 0.1) is 5.92 Å². The molecule has 9 nitrogen and oxygen atoms in total. The van der Waals surface area contributed by atoms with Crippen LogP contribution >= 0.6 is 0 Å². The van der Waals surface area contributed by atoms with Crippen LogP contribution < -0.4 is 15.4 Å². The smallest absolute Gasteiger partial charge is 0.242 e. The molecule has 0 bridgehead atoms. The van der Waals surface area contributed by atoms with Crippen molar-refractivity contribution < 1.29 is 17.9 Å². The Balaban J connectivity index is 1.53. The summed E-state index contributed by atoms with van der Waals surface area (Å²) in [6.45, 7) is 4.47. The number of rotatable bonds is 11. The summed E-state index contributed by atoms with van der Waals surface area (Å²) in [5.74, 6) is 1.16. The Morgan fingerprint density at radius 2 is 2.22 bits per heavy atom. The monoisotopic (exact) mass is 399 g/mol. The van der Waals surface area contributed by atoms with Gasteiger partial charge < -0.3 is 20.1 Å². The van der Waals surface area contributed by atoms with Crippen molar-refractivity contribution >= 4 is 16.0 Å². The molecule has 152 valence electrons. The molecule has 1 aliphatic rings. The molecule has 1 aromatic rings. The van der Waals surface area contributed by atoms with Gasteiger partial charge in [0.25, 0.3) is 0 Å². The lowest BCUT2D eigenvalue weighted by Gasteiger charge is -2.13. The van der Waals surface area contributed by atoms with Crippen molar-refractivity contribution in [2.45, 2.75) is 17.7 Å². The van der Waals surface area contributed by atoms with Gasteiger partial charge in [0.2, 0.25) is 10.0 Å². The lowest BCUT2D eigenvalue weighted by atomic mass is 10.1. The predicted molar refractivity (Wildman–Crippen MR) is 103 cm³/mol. The fourth-order valence-corrected chi connectivity index (χ4v) is 3.52. The van der Waals surface area contributed by atoms with Crippen molar-refractivity contribution in [1.82, 2.24) is 20.3 Å². The Bertz CT molecular complexity index is 663. The molecule has 0 aromatic carbocycles. The highest BCUT2D eigenvalue weighted by Crippen LogP contribution is 2.12. The minimum atomic E-state index is -3.54. The SMILES string of the molecule is CN=C(NCCCOCC1CCOC1)NCCNS(=O)(=O)c1cccnc1. The van der Waals surface area contributed by atoms with Gasteiger partial charge >= 0.3 is 0 Å². The van der Waals surface area contributed by atoms with Crippen molar-refractivity contribution in [3.05, 3.63) is 24.5 Å². The van der Waals surface area contributed by atoms with Gasteiger partial charge in [-0.05, 0) is 25.0 Å². The van der Waals surface area contributed by atoms with Gasteiger partial charge in [0.15, 0.2) is 5.96 Å². The van der Waals surface area contributed by atoms with Gasteiger partial charge in [0, 0.05) is 58.2 Å². The Labute approximate surface area is 161 Å². The molecule has 27 heavy (non-hydrogen) atoms. The van der Waals surface area contributed by atoms with Crippen LogP contribution in [0.2, 0.25) is 0 Å². The molecule has 10 heteroatoms. The summed E-state index contributed by atoms with van der Waals surface area (Å²) in [6.07, 6.45) is 4.80. The lowest BCUT2D eigenvalue weighted by Crippen LogP contribution is -2.42. The van der Waals surface area contributed by atoms with Crippen LogP contribution in [-0.2, 0) is 19.5 Å². The molecule has 0 spiro atoms. The number of hydrogen-bond acceptors (Lipinski definition) is 6. The number of aromatic nitrogens is 1. The van der Waals surface area contributed by atoms with E-state index in [1.165, 1.54) is 18.5 Å². The average Bonchev–Trinajstić information content (AvgIpc) is 3.20. The standard InChI is InChI=1S/C17H29N5O4S/c1-18-17(20-7-3-10-25-13-15-5-11-26-14-15)21-8-9-22-27(23,24)16-4-2-6-19-12-16/h2,4,6,12,15,22H,3,5,7-11,13-14H2,1H3,(H2,18,20,21). The number of aliphatic imine (C=N–C) groups is 1. The molecular formula is C17H29N5O4S. The second kappa shape index (κ2) is 11.9. The summed E-state index contributed by atoms with van der Waals surface area (Å²) in [7, 11) is -1.87. The van der Waals surface area contributed by atoms with E-state index < -0.39 is 10.0 Å². The highest BCUT2D eigenvalue weighted by molar-refractivity contribution is 7.89. The zero-order valence-corrected chi connectivity index (χ0v) is 16.5. The second-order valence-electron chi connectivity index (χ2n) is 6.17. The summed E-state index contributed by atoms with van der Waals surface area (Å²) in [4.78, 5) is 8.08. The summed E-state index contributed by atoms with van der Waals surface area (Å²) in [5.41, 5.74) is 0. The first-order valence-corrected chi connectivity index (χ1v) is 10.6. The van der Waals surface area contributed by atoms with Crippen LogP contribution in [-0.4, -0.2) is 72.5 Å². The Kier molecular flexibility index (Phi) is 9.46. The summed E-state index contributed by atoms with van der Waals surface area (Å²) in [5, 5.41) is 6.24. The number of sulfonamides is 1. The molecule has 1 unspecified atom stereocenters. The van der Waals surface area contributed by atoms with Crippen molar-refractivity contribution in [2.75, 3.05) is 53.1 Å². The van der Waals surface area contributed by atoms with Crippen molar-refractivity contribution in [2.24, 2.45) is 10.9 Å². The molecule has 1 aromatic heterocycles. The Morgan fingerprint density at radius 1 is 1.37 bits per heavy atom. The molecule has 3 N–H and O–H groups in total. The van der Waals surface area contributed by atoms with Crippen LogP contribution in [0.15, 0.2) is 34.4 Å². The zero-order valence-electron chi connectivity index (χ0n) is 15.7. The third kappa shape index (κ3) is 8.21. The van der Waals surface area contributed by atoms with E-state index in [4.69, 9.17) is 9.47 Å². The number of nitrogens with one attached hydrogen (secondary N) is 3. The van der Waals surface area contributed by atoms with Crippen LogP contribution in [0.3, 0.4) is 0 Å². The van der Waals surface area contributed by atoms with E-state index in [1.807, 2.05) is 0 Å². The summed E-state index contributed by atoms with van der Waals surface area (Å²) >= 11 is 0. The minimum Gasteiger partial charge on any atom is -0.381 e. The van der Waals surface area contributed by atoms with E-state index >= 15 is 0 Å². The van der Waals surface area contributed by atoms with Gasteiger partial charge in [-0.1, -0.05) is 0 Å². The van der Waals surface area contributed by atoms with Crippen LogP contribution in [0.4, 0.5) is 0 Å². The summed E-state index contributed by atoms with van der Waals surface area (Å²) in [6, 6.07) is 3.09. The van der Waals surface area contributed by atoms with Gasteiger partial charge in [-0.2, -0.15) is 0 Å². The number of hydrogen-bond donors (Lipinski definition) is 3. The van der Waals surface area contributed by atoms with E-state index in [-0.39, 0.29) is 11.4 Å². The molecule has 0 saturated carbocycles. The number of pyridine rings is 1. The number of ether oxygens (including phenoxy) is 2. The zero-order chi connectivity index (χ0) is 19.4. The normalized spacial score (nSPS) is 17.8. The first-order valence-electron chi connectivity index (χ1n) is 9.11. The number of nitrogens with zero attached hydrogens (tertiary/aromatic N) is 2. The summed E-state index contributed by atoms with van der Waals surface area (Å²) < 4.78 is 37.6. The Morgan fingerprint density at radius 3 is 2.93 bits per heavy atom. The predicted octanol–water partition coefficient (Wildman–Crippen LogP) is -0.0319. The van der Waals surface area contributed by atoms with E-state index in [9.17, 15) is 8.42 Å². The second-order valence-corrected chi connectivity index (χ2v) is 7.94. The van der Waals surface area contributed by atoms with Gasteiger partial charge in [-0.25, -0.2) is 13.1 Å². The average molecular weight is 400 g/mol. The van der Waals surface area contributed by atoms with Gasteiger partial charge in [-0.3, -0.25) is 9.98 Å². The minimum absolute atomic E-state index is 0.150. The molecule has 1 saturated heterocycles. The maximum atomic E-state index is 12.1. The van der Waals surface area contributed by atoms with Crippen LogP contribution in [0.25, 0.3) is 0 Å². The third-order valence-corrected chi connectivity index (χ3v) is 5.46. The maximum absolute atomic E-state index is 12.1. The molecule has 2 rings (SSSR count). The van der Waals surface area contributed by atoms with Crippen molar-refractivity contribution in [1.29, 1.82) is 0 Å². The van der Waals surface area contributed by atoms with Gasteiger partial charge in [-0.15, -0.1) is 0 Å². The fourth-order valence-electron chi connectivity index (χ4n) is 2.52. The molecule has 1 atom stereocenters. The van der Waals surface area contributed by atoms with E-state index in [0.717, 1.165) is 39.2 Å². The largest absolute Gasteiger partial charge is 0.381 e. The highest BCUT2D eigenvalue weighted by atomic mass is 32.2. The Hall–Kier alpha value is -1.75. The van der Waals surface area contributed by atoms with Gasteiger partial charge in [0.1, 0.15) is 4.90 Å². The third-order valence-electron chi connectivity index (χ3n) is 4.01. The maximum Gasteiger partial charge on any atom is 0.242 e. The molecule has 0 aliphatic carbocycles. The fraction of sp³-hybridized carbons (Fsp3) is 0.647. The van der Waals surface area contributed by atoms with Gasteiger partial charge in [0.05, 0.1) is 13.2 Å². The molecule has 2 heterocycles. The van der Waals surface area contributed by atoms with Crippen molar-refractivity contribution in [3.8, 4) is 0 Å².